The first-order valence-corrected chi connectivity index (χ1v) is 8.25. The molecule has 0 bridgehead atoms. The van der Waals surface area contributed by atoms with Crippen molar-refractivity contribution >= 4 is 11.9 Å². The second-order valence-corrected chi connectivity index (χ2v) is 6.21. The lowest BCUT2D eigenvalue weighted by molar-refractivity contribution is -0.130. The third-order valence-electron chi connectivity index (χ3n) is 4.27. The van der Waals surface area contributed by atoms with Crippen LogP contribution in [-0.4, -0.2) is 46.6 Å². The number of carbonyl (C=O) groups is 1. The second-order valence-electron chi connectivity index (χ2n) is 6.21. The summed E-state index contributed by atoms with van der Waals surface area (Å²) in [5, 5.41) is 10.7. The Balaban J connectivity index is 1.56. The summed E-state index contributed by atoms with van der Waals surface area (Å²) in [6.07, 6.45) is -1.87. The molecule has 1 aliphatic rings. The van der Waals surface area contributed by atoms with E-state index in [0.29, 0.717) is 25.4 Å². The molecule has 2 atom stereocenters. The van der Waals surface area contributed by atoms with Crippen LogP contribution in [0.25, 0.3) is 11.5 Å². The van der Waals surface area contributed by atoms with Gasteiger partial charge >= 0.3 is 6.01 Å². The molecule has 6 nitrogen and oxygen atoms in total. The van der Waals surface area contributed by atoms with Crippen LogP contribution in [0, 0.1) is 5.92 Å². The molecule has 0 radical (unpaired) electrons. The van der Waals surface area contributed by atoms with Gasteiger partial charge in [-0.3, -0.25) is 4.79 Å². The van der Waals surface area contributed by atoms with E-state index in [9.17, 15) is 13.6 Å². The number of hydrogen-bond acceptors (Lipinski definition) is 5. The van der Waals surface area contributed by atoms with E-state index < -0.39 is 12.5 Å². The van der Waals surface area contributed by atoms with Gasteiger partial charge in [0.15, 0.2) is 0 Å². The number of benzene rings is 1. The molecule has 2 aromatic rings. The number of alkyl halides is 2. The summed E-state index contributed by atoms with van der Waals surface area (Å²) in [5.41, 5.74) is 0.788. The van der Waals surface area contributed by atoms with E-state index in [0.717, 1.165) is 5.56 Å². The van der Waals surface area contributed by atoms with Gasteiger partial charge < -0.3 is 14.6 Å². The van der Waals surface area contributed by atoms with Gasteiger partial charge in [0.2, 0.25) is 18.2 Å². The Morgan fingerprint density at radius 1 is 1.36 bits per heavy atom. The maximum Gasteiger partial charge on any atom is 0.316 e. The minimum atomic E-state index is -2.33. The van der Waals surface area contributed by atoms with E-state index in [2.05, 4.69) is 15.5 Å². The number of nitrogens with one attached hydrogen (secondary N) is 1. The predicted octanol–water partition coefficient (Wildman–Crippen LogP) is 3.04. The van der Waals surface area contributed by atoms with Crippen LogP contribution in [-0.2, 0) is 4.79 Å². The van der Waals surface area contributed by atoms with Gasteiger partial charge in [-0.1, -0.05) is 23.3 Å². The highest BCUT2D eigenvalue weighted by Crippen LogP contribution is 2.24. The third-order valence-corrected chi connectivity index (χ3v) is 4.27. The van der Waals surface area contributed by atoms with Crippen LogP contribution in [0.1, 0.15) is 19.8 Å². The first-order valence-electron chi connectivity index (χ1n) is 8.25. The van der Waals surface area contributed by atoms with Crippen molar-refractivity contribution in [1.29, 1.82) is 0 Å². The highest BCUT2D eigenvalue weighted by molar-refractivity contribution is 5.84. The number of anilines is 1. The Morgan fingerprint density at radius 2 is 2.12 bits per heavy atom. The zero-order valence-corrected chi connectivity index (χ0v) is 13.9. The summed E-state index contributed by atoms with van der Waals surface area (Å²) in [4.78, 5) is 14.1. The Morgan fingerprint density at radius 3 is 2.84 bits per heavy atom. The van der Waals surface area contributed by atoms with Crippen molar-refractivity contribution in [2.75, 3.05) is 18.4 Å². The SMILES string of the molecule is CC(Nc1nnc(-c2ccccc2)o1)C(=O)N1CCC(CC(F)F)C1. The minimum absolute atomic E-state index is 0.135. The quantitative estimate of drug-likeness (QED) is 0.867. The number of nitrogens with zero attached hydrogens (tertiary/aromatic N) is 3. The Hall–Kier alpha value is -2.51. The van der Waals surface area contributed by atoms with Gasteiger partial charge in [0, 0.05) is 25.1 Å². The van der Waals surface area contributed by atoms with Gasteiger partial charge in [-0.25, -0.2) is 8.78 Å². The summed E-state index contributed by atoms with van der Waals surface area (Å²) in [6, 6.07) is 8.89. The number of aromatic nitrogens is 2. The Kier molecular flexibility index (Phi) is 5.25. The fraction of sp³-hybridized carbons (Fsp3) is 0.471. The topological polar surface area (TPSA) is 71.3 Å². The van der Waals surface area contributed by atoms with Gasteiger partial charge in [-0.15, -0.1) is 5.10 Å². The molecule has 1 fully saturated rings. The van der Waals surface area contributed by atoms with Crippen molar-refractivity contribution < 1.29 is 18.0 Å². The zero-order chi connectivity index (χ0) is 17.8. The van der Waals surface area contributed by atoms with E-state index >= 15 is 0 Å². The van der Waals surface area contributed by atoms with Crippen molar-refractivity contribution in [2.45, 2.75) is 32.2 Å². The van der Waals surface area contributed by atoms with E-state index in [1.807, 2.05) is 30.3 Å². The second kappa shape index (κ2) is 7.58. The molecule has 1 N–H and O–H groups in total. The highest BCUT2D eigenvalue weighted by Gasteiger charge is 2.31. The molecular weight excluding hydrogens is 330 g/mol. The van der Waals surface area contributed by atoms with Gasteiger partial charge in [0.1, 0.15) is 6.04 Å². The van der Waals surface area contributed by atoms with Crippen molar-refractivity contribution in [2.24, 2.45) is 5.92 Å². The van der Waals surface area contributed by atoms with Gasteiger partial charge in [-0.05, 0) is 31.4 Å². The lowest BCUT2D eigenvalue weighted by Crippen LogP contribution is -2.40. The first-order chi connectivity index (χ1) is 12.0. The van der Waals surface area contributed by atoms with Crippen LogP contribution >= 0.6 is 0 Å². The molecule has 2 heterocycles. The largest absolute Gasteiger partial charge is 0.403 e. The number of halogens is 2. The maximum absolute atomic E-state index is 12.5. The highest BCUT2D eigenvalue weighted by atomic mass is 19.3. The molecule has 1 aromatic heterocycles. The van der Waals surface area contributed by atoms with Crippen LogP contribution in [0.5, 0.6) is 0 Å². The molecule has 1 amide bonds. The molecule has 25 heavy (non-hydrogen) atoms. The summed E-state index contributed by atoms with van der Waals surface area (Å²) >= 11 is 0. The predicted molar refractivity (Wildman–Crippen MR) is 88.1 cm³/mol. The average molecular weight is 350 g/mol. The van der Waals surface area contributed by atoms with Crippen LogP contribution in [0.2, 0.25) is 0 Å². The summed E-state index contributed by atoms with van der Waals surface area (Å²) in [5.74, 6) is 0.0707. The minimum Gasteiger partial charge on any atom is -0.403 e. The van der Waals surface area contributed by atoms with Crippen molar-refractivity contribution in [1.82, 2.24) is 15.1 Å². The molecular formula is C17H20F2N4O2. The monoisotopic (exact) mass is 350 g/mol. The normalized spacial score (nSPS) is 18.6. The van der Waals surface area contributed by atoms with Crippen LogP contribution in [0.3, 0.4) is 0 Å². The molecule has 1 aromatic carbocycles. The number of hydrogen-bond donors (Lipinski definition) is 1. The number of rotatable bonds is 6. The summed E-state index contributed by atoms with van der Waals surface area (Å²) in [7, 11) is 0. The first kappa shape index (κ1) is 17.3. The van der Waals surface area contributed by atoms with E-state index in [-0.39, 0.29) is 24.3 Å². The van der Waals surface area contributed by atoms with E-state index in [4.69, 9.17) is 4.42 Å². The lowest BCUT2D eigenvalue weighted by Gasteiger charge is -2.21. The molecule has 1 aliphatic heterocycles. The Labute approximate surface area is 144 Å². The third kappa shape index (κ3) is 4.32. The molecule has 134 valence electrons. The maximum atomic E-state index is 12.5. The smallest absolute Gasteiger partial charge is 0.316 e. The van der Waals surface area contributed by atoms with Crippen LogP contribution in [0.4, 0.5) is 14.8 Å². The zero-order valence-electron chi connectivity index (χ0n) is 13.9. The molecule has 0 aliphatic carbocycles. The number of amides is 1. The molecule has 3 rings (SSSR count). The molecule has 8 heteroatoms. The molecule has 0 spiro atoms. The van der Waals surface area contributed by atoms with Gasteiger partial charge in [0.25, 0.3) is 0 Å². The summed E-state index contributed by atoms with van der Waals surface area (Å²) < 4.78 is 30.4. The lowest BCUT2D eigenvalue weighted by atomic mass is 10.1. The van der Waals surface area contributed by atoms with Crippen molar-refractivity contribution in [3.63, 3.8) is 0 Å². The summed E-state index contributed by atoms with van der Waals surface area (Å²) in [6.45, 7) is 2.56. The van der Waals surface area contributed by atoms with E-state index in [1.54, 1.807) is 11.8 Å². The fourth-order valence-electron chi connectivity index (χ4n) is 2.98. The fourth-order valence-corrected chi connectivity index (χ4v) is 2.98. The number of likely N-dealkylation sites (tertiary alicyclic amines) is 1. The van der Waals surface area contributed by atoms with Crippen molar-refractivity contribution in [3.05, 3.63) is 30.3 Å². The Bertz CT molecular complexity index is 708. The molecule has 0 saturated carbocycles. The van der Waals surface area contributed by atoms with Crippen LogP contribution < -0.4 is 5.32 Å². The van der Waals surface area contributed by atoms with E-state index in [1.165, 1.54) is 0 Å². The average Bonchev–Trinajstić information content (AvgIpc) is 3.24. The van der Waals surface area contributed by atoms with Gasteiger partial charge in [-0.2, -0.15) is 0 Å². The van der Waals surface area contributed by atoms with Crippen molar-refractivity contribution in [3.8, 4) is 11.5 Å². The van der Waals surface area contributed by atoms with Gasteiger partial charge in [0.05, 0.1) is 0 Å². The molecule has 1 saturated heterocycles. The standard InChI is InChI=1S/C17H20F2N4O2/c1-11(16(24)23-8-7-12(10-23)9-14(18)19)20-17-22-21-15(25-17)13-5-3-2-4-6-13/h2-6,11-12,14H,7-10H2,1H3,(H,20,22). The molecule has 2 unspecified atom stereocenters. The van der Waals surface area contributed by atoms with Crippen LogP contribution in [0.15, 0.2) is 34.7 Å². The number of carbonyl (C=O) groups excluding carboxylic acids is 1.